The number of rotatable bonds is 5. The zero-order valence-corrected chi connectivity index (χ0v) is 18.7. The quantitative estimate of drug-likeness (QED) is 0.498. The number of nitrogens with one attached hydrogen (secondary N) is 1. The maximum atomic E-state index is 12.8. The maximum absolute atomic E-state index is 12.8. The molecule has 0 atom stereocenters. The Labute approximate surface area is 189 Å². The Morgan fingerprint density at radius 1 is 0.935 bits per heavy atom. The topological polar surface area (TPSA) is 32.3 Å². The van der Waals surface area contributed by atoms with Crippen molar-refractivity contribution >= 4 is 29.3 Å². The lowest BCUT2D eigenvalue weighted by molar-refractivity contribution is 0.102. The number of likely N-dealkylation sites (N-methyl/N-ethyl adjacent to an activating group) is 1. The Morgan fingerprint density at radius 2 is 1.61 bits per heavy atom. The number of hydrogen-bond donors (Lipinski definition) is 1. The highest BCUT2D eigenvalue weighted by Gasteiger charge is 2.12. The van der Waals surface area contributed by atoms with Gasteiger partial charge in [0, 0.05) is 22.8 Å². The second-order valence-corrected chi connectivity index (χ2v) is 8.78. The van der Waals surface area contributed by atoms with Crippen LogP contribution in [0.4, 0.5) is 5.69 Å². The molecule has 0 saturated carbocycles. The van der Waals surface area contributed by atoms with Gasteiger partial charge in [-0.3, -0.25) is 4.79 Å². The van der Waals surface area contributed by atoms with Crippen molar-refractivity contribution in [2.24, 2.45) is 0 Å². The van der Waals surface area contributed by atoms with E-state index in [4.69, 9.17) is 11.6 Å². The van der Waals surface area contributed by atoms with Gasteiger partial charge in [0.25, 0.3) is 5.91 Å². The molecule has 0 aliphatic heterocycles. The van der Waals surface area contributed by atoms with Gasteiger partial charge in [-0.05, 0) is 92.0 Å². The molecule has 0 spiro atoms. The standard InChI is InChI=1S/C27H27ClN2O/c1-30(2)18-19-4-3-5-23-17-26(15-12-24(23)16-19)29-27(31)22-8-6-20(7-9-22)21-10-13-25(28)14-11-21/h6-17H,3-5,18H2,1-2H3,(H,29,31). The van der Waals surface area contributed by atoms with E-state index < -0.39 is 0 Å². The van der Waals surface area contributed by atoms with Crippen LogP contribution in [0.25, 0.3) is 17.2 Å². The summed E-state index contributed by atoms with van der Waals surface area (Å²) in [4.78, 5) is 15.0. The second kappa shape index (κ2) is 9.51. The van der Waals surface area contributed by atoms with Crippen molar-refractivity contribution in [1.82, 2.24) is 4.90 Å². The van der Waals surface area contributed by atoms with Gasteiger partial charge in [-0.15, -0.1) is 0 Å². The summed E-state index contributed by atoms with van der Waals surface area (Å²) in [6.45, 7) is 0.990. The monoisotopic (exact) mass is 430 g/mol. The van der Waals surface area contributed by atoms with Crippen LogP contribution in [0.1, 0.15) is 34.3 Å². The molecular weight excluding hydrogens is 404 g/mol. The fraction of sp³-hybridized carbons (Fsp3) is 0.222. The Balaban J connectivity index is 1.47. The fourth-order valence-electron chi connectivity index (χ4n) is 4.03. The lowest BCUT2D eigenvalue weighted by Gasteiger charge is -2.12. The van der Waals surface area contributed by atoms with Crippen molar-refractivity contribution in [2.45, 2.75) is 19.3 Å². The smallest absolute Gasteiger partial charge is 0.255 e. The van der Waals surface area contributed by atoms with Crippen molar-refractivity contribution in [3.8, 4) is 11.1 Å². The van der Waals surface area contributed by atoms with Crippen molar-refractivity contribution < 1.29 is 4.79 Å². The highest BCUT2D eigenvalue weighted by molar-refractivity contribution is 6.30. The predicted molar refractivity (Wildman–Crippen MR) is 131 cm³/mol. The molecule has 1 N–H and O–H groups in total. The summed E-state index contributed by atoms with van der Waals surface area (Å²) in [7, 11) is 4.21. The minimum Gasteiger partial charge on any atom is -0.322 e. The number of halogens is 1. The maximum Gasteiger partial charge on any atom is 0.255 e. The molecule has 0 aromatic heterocycles. The van der Waals surface area contributed by atoms with Crippen LogP contribution < -0.4 is 5.32 Å². The minimum absolute atomic E-state index is 0.0972. The number of hydrogen-bond acceptors (Lipinski definition) is 2. The minimum atomic E-state index is -0.0972. The number of carbonyl (C=O) groups is 1. The largest absolute Gasteiger partial charge is 0.322 e. The molecule has 0 heterocycles. The summed E-state index contributed by atoms with van der Waals surface area (Å²) >= 11 is 5.97. The first-order valence-corrected chi connectivity index (χ1v) is 11.0. The highest BCUT2D eigenvalue weighted by Crippen LogP contribution is 2.27. The lowest BCUT2D eigenvalue weighted by atomic mass is 10.0. The van der Waals surface area contributed by atoms with Gasteiger partial charge in [0.05, 0.1) is 0 Å². The third-order valence-corrected chi connectivity index (χ3v) is 5.80. The molecule has 3 aromatic rings. The summed E-state index contributed by atoms with van der Waals surface area (Å²) in [5.41, 5.74) is 7.63. The van der Waals surface area contributed by atoms with E-state index in [9.17, 15) is 4.79 Å². The molecule has 4 heteroatoms. The van der Waals surface area contributed by atoms with E-state index in [-0.39, 0.29) is 5.91 Å². The van der Waals surface area contributed by atoms with Crippen molar-refractivity contribution in [2.75, 3.05) is 26.0 Å². The first-order chi connectivity index (χ1) is 15.0. The Morgan fingerprint density at radius 3 is 2.29 bits per heavy atom. The first kappa shape index (κ1) is 21.4. The SMILES string of the molecule is CN(C)CC1=Cc2ccc(NC(=O)c3ccc(-c4ccc(Cl)cc4)cc3)cc2CCC1. The molecule has 0 saturated heterocycles. The summed E-state index contributed by atoms with van der Waals surface area (Å²) in [6.07, 6.45) is 5.59. The van der Waals surface area contributed by atoms with Gasteiger partial charge in [-0.25, -0.2) is 0 Å². The van der Waals surface area contributed by atoms with E-state index in [0.717, 1.165) is 42.6 Å². The Bertz CT molecular complexity index is 1100. The van der Waals surface area contributed by atoms with Crippen LogP contribution in [0, 0.1) is 0 Å². The van der Waals surface area contributed by atoms with Crippen molar-refractivity contribution in [3.63, 3.8) is 0 Å². The molecule has 158 valence electrons. The molecule has 1 aliphatic rings. The van der Waals surface area contributed by atoms with Crippen LogP contribution in [0.15, 0.2) is 72.3 Å². The van der Waals surface area contributed by atoms with Crippen LogP contribution >= 0.6 is 11.6 Å². The predicted octanol–water partition coefficient (Wildman–Crippen LogP) is 6.54. The third kappa shape index (κ3) is 5.43. The van der Waals surface area contributed by atoms with Crippen molar-refractivity contribution in [3.05, 3.63) is 94.0 Å². The molecule has 4 rings (SSSR count). The van der Waals surface area contributed by atoms with Gasteiger partial charge >= 0.3 is 0 Å². The normalized spacial score (nSPS) is 13.4. The zero-order valence-electron chi connectivity index (χ0n) is 18.0. The number of aryl methyl sites for hydroxylation is 1. The van der Waals surface area contributed by atoms with Crippen LogP contribution in [0.2, 0.25) is 5.02 Å². The summed E-state index contributed by atoms with van der Waals surface area (Å²) in [6, 6.07) is 21.6. The summed E-state index contributed by atoms with van der Waals surface area (Å²) in [5, 5.41) is 3.77. The summed E-state index contributed by atoms with van der Waals surface area (Å²) in [5.74, 6) is -0.0972. The number of amides is 1. The first-order valence-electron chi connectivity index (χ1n) is 10.6. The average molecular weight is 431 g/mol. The molecule has 31 heavy (non-hydrogen) atoms. The molecule has 3 aromatic carbocycles. The van der Waals surface area contributed by atoms with Gasteiger partial charge < -0.3 is 10.2 Å². The van der Waals surface area contributed by atoms with Crippen LogP contribution in [-0.2, 0) is 6.42 Å². The summed E-state index contributed by atoms with van der Waals surface area (Å²) < 4.78 is 0. The molecule has 0 unspecified atom stereocenters. The molecule has 0 fully saturated rings. The van der Waals surface area contributed by atoms with Crippen LogP contribution in [0.5, 0.6) is 0 Å². The average Bonchev–Trinajstić information content (AvgIpc) is 2.95. The van der Waals surface area contributed by atoms with Gasteiger partial charge in [-0.2, -0.15) is 0 Å². The van der Waals surface area contributed by atoms with E-state index in [1.807, 2.05) is 54.6 Å². The number of anilines is 1. The van der Waals surface area contributed by atoms with E-state index >= 15 is 0 Å². The third-order valence-electron chi connectivity index (χ3n) is 5.55. The molecule has 0 radical (unpaired) electrons. The van der Waals surface area contributed by atoms with E-state index in [1.54, 1.807) is 0 Å². The zero-order chi connectivity index (χ0) is 21.8. The highest BCUT2D eigenvalue weighted by atomic mass is 35.5. The molecule has 3 nitrogen and oxygen atoms in total. The molecule has 0 bridgehead atoms. The van der Waals surface area contributed by atoms with E-state index in [1.165, 1.54) is 16.7 Å². The Kier molecular flexibility index (Phi) is 6.55. The number of benzene rings is 3. The molecule has 1 aliphatic carbocycles. The lowest BCUT2D eigenvalue weighted by Crippen LogP contribution is -2.14. The van der Waals surface area contributed by atoms with Gasteiger partial charge in [0.1, 0.15) is 0 Å². The van der Waals surface area contributed by atoms with Crippen LogP contribution in [-0.4, -0.2) is 31.4 Å². The van der Waals surface area contributed by atoms with Gasteiger partial charge in [0.2, 0.25) is 0 Å². The van der Waals surface area contributed by atoms with Crippen LogP contribution in [0.3, 0.4) is 0 Å². The van der Waals surface area contributed by atoms with Gasteiger partial charge in [-0.1, -0.05) is 53.6 Å². The number of carbonyl (C=O) groups excluding carboxylic acids is 1. The second-order valence-electron chi connectivity index (χ2n) is 8.35. The van der Waals surface area contributed by atoms with Crippen molar-refractivity contribution in [1.29, 1.82) is 0 Å². The fourth-order valence-corrected chi connectivity index (χ4v) is 4.16. The van der Waals surface area contributed by atoms with E-state index in [2.05, 4.69) is 42.5 Å². The molecular formula is C27H27ClN2O. The number of nitrogens with zero attached hydrogens (tertiary/aromatic N) is 1. The Hall–Kier alpha value is -2.88. The van der Waals surface area contributed by atoms with E-state index in [0.29, 0.717) is 10.6 Å². The van der Waals surface area contributed by atoms with Gasteiger partial charge in [0.15, 0.2) is 0 Å². The number of fused-ring (bicyclic) bond motifs is 1. The molecule has 1 amide bonds.